The van der Waals surface area contributed by atoms with Gasteiger partial charge in [-0.25, -0.2) is 4.98 Å². The lowest BCUT2D eigenvalue weighted by Gasteiger charge is -2.13. The van der Waals surface area contributed by atoms with Gasteiger partial charge in [-0.1, -0.05) is 12.1 Å². The van der Waals surface area contributed by atoms with Gasteiger partial charge >= 0.3 is 0 Å². The Kier molecular flexibility index (Phi) is 3.22. The van der Waals surface area contributed by atoms with Crippen molar-refractivity contribution in [1.29, 1.82) is 0 Å². The van der Waals surface area contributed by atoms with Crippen molar-refractivity contribution in [3.8, 4) is 0 Å². The van der Waals surface area contributed by atoms with Gasteiger partial charge < -0.3 is 15.0 Å². The van der Waals surface area contributed by atoms with Crippen molar-refractivity contribution in [2.45, 2.75) is 19.5 Å². The van der Waals surface area contributed by atoms with Gasteiger partial charge in [0, 0.05) is 19.7 Å². The van der Waals surface area contributed by atoms with Crippen LogP contribution in [-0.2, 0) is 11.3 Å². The highest BCUT2D eigenvalue weighted by Crippen LogP contribution is 2.15. The van der Waals surface area contributed by atoms with E-state index in [2.05, 4.69) is 15.6 Å². The van der Waals surface area contributed by atoms with E-state index in [-0.39, 0.29) is 6.04 Å². The number of methoxy groups -OCH3 is 1. The molecule has 2 rings (SSSR count). The van der Waals surface area contributed by atoms with Crippen LogP contribution in [0.15, 0.2) is 24.3 Å². The Labute approximate surface area is 95.0 Å². The highest BCUT2D eigenvalue weighted by atomic mass is 16.5. The summed E-state index contributed by atoms with van der Waals surface area (Å²) in [5.41, 5.74) is 8.11. The second-order valence-corrected chi connectivity index (χ2v) is 3.97. The monoisotopic (exact) mass is 219 g/mol. The summed E-state index contributed by atoms with van der Waals surface area (Å²) in [5, 5.41) is 0. The van der Waals surface area contributed by atoms with Crippen molar-refractivity contribution in [2.24, 2.45) is 5.73 Å². The first-order valence-electron chi connectivity index (χ1n) is 5.38. The van der Waals surface area contributed by atoms with Gasteiger partial charge in [0.15, 0.2) is 0 Å². The Morgan fingerprint density at radius 1 is 1.44 bits per heavy atom. The Hall–Kier alpha value is -1.39. The molecule has 1 unspecified atom stereocenters. The Morgan fingerprint density at radius 3 is 2.94 bits per heavy atom. The number of hydrogen-bond donors (Lipinski definition) is 1. The van der Waals surface area contributed by atoms with E-state index in [9.17, 15) is 0 Å². The molecule has 4 nitrogen and oxygen atoms in total. The van der Waals surface area contributed by atoms with Crippen LogP contribution in [0.4, 0.5) is 0 Å². The number of hydrogen-bond acceptors (Lipinski definition) is 3. The molecule has 0 saturated heterocycles. The van der Waals surface area contributed by atoms with Crippen LogP contribution in [0, 0.1) is 6.92 Å². The summed E-state index contributed by atoms with van der Waals surface area (Å²) in [4.78, 5) is 4.49. The fourth-order valence-corrected chi connectivity index (χ4v) is 1.93. The van der Waals surface area contributed by atoms with E-state index in [1.165, 1.54) is 0 Å². The molecular formula is C12H17N3O. The van der Waals surface area contributed by atoms with Crippen molar-refractivity contribution in [1.82, 2.24) is 9.55 Å². The summed E-state index contributed by atoms with van der Waals surface area (Å²) in [6.45, 7) is 3.30. The van der Waals surface area contributed by atoms with Gasteiger partial charge in [-0.05, 0) is 19.1 Å². The lowest BCUT2D eigenvalue weighted by atomic mass is 10.3. The number of aromatic nitrogens is 2. The molecule has 16 heavy (non-hydrogen) atoms. The van der Waals surface area contributed by atoms with Crippen molar-refractivity contribution in [2.75, 3.05) is 13.7 Å². The molecule has 0 aliphatic rings. The Bertz CT molecular complexity index is 478. The molecule has 1 aromatic heterocycles. The summed E-state index contributed by atoms with van der Waals surface area (Å²) in [5.74, 6) is 0.993. The summed E-state index contributed by atoms with van der Waals surface area (Å²) in [6.07, 6.45) is 0. The average Bonchev–Trinajstić information content (AvgIpc) is 2.56. The van der Waals surface area contributed by atoms with Crippen LogP contribution in [0.25, 0.3) is 11.0 Å². The van der Waals surface area contributed by atoms with E-state index in [1.54, 1.807) is 7.11 Å². The number of ether oxygens (including phenoxy) is 1. The number of nitrogens with two attached hydrogens (primary N) is 1. The third-order valence-corrected chi connectivity index (χ3v) is 2.64. The van der Waals surface area contributed by atoms with Crippen LogP contribution in [0.1, 0.15) is 5.82 Å². The van der Waals surface area contributed by atoms with Crippen LogP contribution in [0.2, 0.25) is 0 Å². The molecule has 0 aliphatic carbocycles. The van der Waals surface area contributed by atoms with Gasteiger partial charge in [-0.3, -0.25) is 0 Å². The van der Waals surface area contributed by atoms with Gasteiger partial charge in [0.2, 0.25) is 0 Å². The summed E-state index contributed by atoms with van der Waals surface area (Å²) in [7, 11) is 1.67. The summed E-state index contributed by atoms with van der Waals surface area (Å²) >= 11 is 0. The molecule has 0 radical (unpaired) electrons. The summed E-state index contributed by atoms with van der Waals surface area (Å²) < 4.78 is 7.18. The van der Waals surface area contributed by atoms with Gasteiger partial charge in [-0.2, -0.15) is 0 Å². The molecule has 2 N–H and O–H groups in total. The first kappa shape index (κ1) is 11.1. The lowest BCUT2D eigenvalue weighted by Crippen LogP contribution is -2.31. The molecule has 0 fully saturated rings. The molecule has 2 aromatic rings. The Balaban J connectivity index is 2.32. The standard InChI is InChI=1S/C12H17N3O/c1-9-14-11-5-3-4-6-12(11)15(9)7-10(13)8-16-2/h3-6,10H,7-8,13H2,1-2H3. The molecule has 86 valence electrons. The first-order valence-corrected chi connectivity index (χ1v) is 5.38. The maximum atomic E-state index is 5.96. The van der Waals surface area contributed by atoms with E-state index in [0.29, 0.717) is 6.61 Å². The zero-order chi connectivity index (χ0) is 11.5. The zero-order valence-electron chi connectivity index (χ0n) is 9.68. The van der Waals surface area contributed by atoms with Crippen molar-refractivity contribution in [3.63, 3.8) is 0 Å². The number of nitrogens with zero attached hydrogens (tertiary/aromatic N) is 2. The maximum Gasteiger partial charge on any atom is 0.106 e. The smallest absolute Gasteiger partial charge is 0.106 e. The predicted octanol–water partition coefficient (Wildman–Crippen LogP) is 1.32. The summed E-state index contributed by atoms with van der Waals surface area (Å²) in [6, 6.07) is 8.09. The zero-order valence-corrected chi connectivity index (χ0v) is 9.68. The highest BCUT2D eigenvalue weighted by molar-refractivity contribution is 5.75. The van der Waals surface area contributed by atoms with Crippen molar-refractivity contribution < 1.29 is 4.74 Å². The largest absolute Gasteiger partial charge is 0.383 e. The number of benzene rings is 1. The first-order chi connectivity index (χ1) is 7.72. The van der Waals surface area contributed by atoms with E-state index in [4.69, 9.17) is 10.5 Å². The fraction of sp³-hybridized carbons (Fsp3) is 0.417. The van der Waals surface area contributed by atoms with Crippen LogP contribution < -0.4 is 5.73 Å². The van der Waals surface area contributed by atoms with Crippen molar-refractivity contribution in [3.05, 3.63) is 30.1 Å². The Morgan fingerprint density at radius 2 is 2.19 bits per heavy atom. The van der Waals surface area contributed by atoms with E-state index in [0.717, 1.165) is 23.4 Å². The predicted molar refractivity (Wildman–Crippen MR) is 64.3 cm³/mol. The SMILES string of the molecule is COCC(N)Cn1c(C)nc2ccccc21. The third kappa shape index (κ3) is 2.08. The van der Waals surface area contributed by atoms with Gasteiger partial charge in [0.25, 0.3) is 0 Å². The minimum Gasteiger partial charge on any atom is -0.383 e. The van der Waals surface area contributed by atoms with E-state index >= 15 is 0 Å². The molecule has 0 aliphatic heterocycles. The van der Waals surface area contributed by atoms with Crippen molar-refractivity contribution >= 4 is 11.0 Å². The quantitative estimate of drug-likeness (QED) is 0.843. The number of rotatable bonds is 4. The topological polar surface area (TPSA) is 53.1 Å². The fourth-order valence-electron chi connectivity index (χ4n) is 1.93. The van der Waals surface area contributed by atoms with Gasteiger partial charge in [0.05, 0.1) is 17.6 Å². The molecule has 1 atom stereocenters. The number of imidazole rings is 1. The molecule has 0 bridgehead atoms. The minimum absolute atomic E-state index is 0.00121. The number of para-hydroxylation sites is 2. The number of aryl methyl sites for hydroxylation is 1. The van der Waals surface area contributed by atoms with Crippen LogP contribution in [-0.4, -0.2) is 29.3 Å². The molecule has 4 heteroatoms. The molecule has 1 heterocycles. The molecule has 0 amide bonds. The second-order valence-electron chi connectivity index (χ2n) is 3.97. The van der Waals surface area contributed by atoms with Crippen LogP contribution >= 0.6 is 0 Å². The maximum absolute atomic E-state index is 5.96. The second kappa shape index (κ2) is 4.63. The normalized spacial score (nSPS) is 13.2. The molecule has 0 spiro atoms. The van der Waals surface area contributed by atoms with E-state index in [1.807, 2.05) is 25.1 Å². The number of fused-ring (bicyclic) bond motifs is 1. The third-order valence-electron chi connectivity index (χ3n) is 2.64. The molecular weight excluding hydrogens is 202 g/mol. The minimum atomic E-state index is 0.00121. The average molecular weight is 219 g/mol. The van der Waals surface area contributed by atoms with Crippen LogP contribution in [0.5, 0.6) is 0 Å². The van der Waals surface area contributed by atoms with Gasteiger partial charge in [0.1, 0.15) is 5.82 Å². The highest BCUT2D eigenvalue weighted by Gasteiger charge is 2.09. The van der Waals surface area contributed by atoms with Crippen LogP contribution in [0.3, 0.4) is 0 Å². The lowest BCUT2D eigenvalue weighted by molar-refractivity contribution is 0.174. The van der Waals surface area contributed by atoms with E-state index < -0.39 is 0 Å². The van der Waals surface area contributed by atoms with Gasteiger partial charge in [-0.15, -0.1) is 0 Å². The molecule has 0 saturated carbocycles. The molecule has 1 aromatic carbocycles.